The Morgan fingerprint density at radius 1 is 1.30 bits per heavy atom. The van der Waals surface area contributed by atoms with E-state index in [1.54, 1.807) is 0 Å². The summed E-state index contributed by atoms with van der Waals surface area (Å²) in [4.78, 5) is 26.7. The topological polar surface area (TPSA) is 70.4 Å². The largest absolute Gasteiger partial charge is 0.425 e. The minimum atomic E-state index is -0.862. The fraction of sp³-hybridized carbons (Fsp3) is 0.643. The van der Waals surface area contributed by atoms with Gasteiger partial charge in [0.1, 0.15) is 6.33 Å². The third-order valence-electron chi connectivity index (χ3n) is 2.94. The van der Waals surface area contributed by atoms with Gasteiger partial charge in [-0.2, -0.15) is 0 Å². The molecular formula is C14H22N2O4. The molecule has 20 heavy (non-hydrogen) atoms. The molecule has 1 unspecified atom stereocenters. The Bertz CT molecular complexity index is 417. The lowest BCUT2D eigenvalue weighted by molar-refractivity contribution is -0.173. The van der Waals surface area contributed by atoms with E-state index >= 15 is 0 Å². The molecule has 0 saturated heterocycles. The molecule has 1 heterocycles. The van der Waals surface area contributed by atoms with Crippen LogP contribution in [0.4, 0.5) is 4.79 Å². The summed E-state index contributed by atoms with van der Waals surface area (Å²) in [5.41, 5.74) is 0. The highest BCUT2D eigenvalue weighted by atomic mass is 16.7. The molecule has 0 aliphatic carbocycles. The van der Waals surface area contributed by atoms with E-state index < -0.39 is 18.4 Å². The zero-order chi connectivity index (χ0) is 15.0. The number of rotatable bonds is 7. The Hall–Kier alpha value is -1.85. The normalized spacial score (nSPS) is 13.6. The van der Waals surface area contributed by atoms with Crippen LogP contribution in [-0.4, -0.2) is 27.9 Å². The SMILES string of the molecule is CCCCCC(C)[C@@H](OC(C)=O)OC(=O)n1ccnc1. The number of imidazole rings is 1. The second-order valence-corrected chi connectivity index (χ2v) is 4.80. The predicted molar refractivity (Wildman–Crippen MR) is 73.0 cm³/mol. The number of nitrogens with zero attached hydrogens (tertiary/aromatic N) is 2. The lowest BCUT2D eigenvalue weighted by Crippen LogP contribution is -2.31. The maximum Gasteiger partial charge on any atom is 0.422 e. The summed E-state index contributed by atoms with van der Waals surface area (Å²) in [7, 11) is 0. The Labute approximate surface area is 119 Å². The van der Waals surface area contributed by atoms with E-state index in [4.69, 9.17) is 9.47 Å². The molecule has 6 nitrogen and oxygen atoms in total. The molecule has 0 amide bonds. The summed E-state index contributed by atoms with van der Waals surface area (Å²) in [6.45, 7) is 5.33. The van der Waals surface area contributed by atoms with Crippen LogP contribution in [-0.2, 0) is 14.3 Å². The first-order valence-corrected chi connectivity index (χ1v) is 6.90. The molecule has 0 N–H and O–H groups in total. The summed E-state index contributed by atoms with van der Waals surface area (Å²) in [5, 5.41) is 0. The van der Waals surface area contributed by atoms with E-state index in [0.717, 1.165) is 25.7 Å². The third-order valence-corrected chi connectivity index (χ3v) is 2.94. The van der Waals surface area contributed by atoms with Crippen molar-refractivity contribution in [1.82, 2.24) is 9.55 Å². The predicted octanol–water partition coefficient (Wildman–Crippen LogP) is 2.97. The highest BCUT2D eigenvalue weighted by molar-refractivity contribution is 5.70. The van der Waals surface area contributed by atoms with Gasteiger partial charge in [0.05, 0.1) is 0 Å². The lowest BCUT2D eigenvalue weighted by atomic mass is 10.0. The molecule has 0 fully saturated rings. The van der Waals surface area contributed by atoms with Crippen molar-refractivity contribution in [3.8, 4) is 0 Å². The average molecular weight is 282 g/mol. The van der Waals surface area contributed by atoms with Gasteiger partial charge in [-0.15, -0.1) is 0 Å². The Kier molecular flexibility index (Phi) is 6.76. The second kappa shape index (κ2) is 8.35. The van der Waals surface area contributed by atoms with E-state index in [-0.39, 0.29) is 5.92 Å². The van der Waals surface area contributed by atoms with Crippen LogP contribution in [0.2, 0.25) is 0 Å². The summed E-state index contributed by atoms with van der Waals surface area (Å²) in [6.07, 6.45) is 6.90. The number of carbonyl (C=O) groups excluding carboxylic acids is 2. The number of esters is 1. The van der Waals surface area contributed by atoms with E-state index in [1.807, 2.05) is 6.92 Å². The van der Waals surface area contributed by atoms with Gasteiger partial charge in [-0.05, 0) is 6.42 Å². The van der Waals surface area contributed by atoms with Gasteiger partial charge in [-0.25, -0.2) is 14.3 Å². The Morgan fingerprint density at radius 3 is 2.60 bits per heavy atom. The molecule has 0 saturated carbocycles. The highest BCUT2D eigenvalue weighted by Gasteiger charge is 2.24. The monoisotopic (exact) mass is 282 g/mol. The number of hydrogen-bond donors (Lipinski definition) is 0. The van der Waals surface area contributed by atoms with E-state index in [2.05, 4.69) is 11.9 Å². The van der Waals surface area contributed by atoms with E-state index in [1.165, 1.54) is 30.2 Å². The quantitative estimate of drug-likeness (QED) is 0.437. The van der Waals surface area contributed by atoms with Gasteiger partial charge in [0.2, 0.25) is 0 Å². The molecule has 0 aliphatic rings. The van der Waals surface area contributed by atoms with Crippen molar-refractivity contribution in [2.24, 2.45) is 5.92 Å². The van der Waals surface area contributed by atoms with Crippen LogP contribution in [0.3, 0.4) is 0 Å². The summed E-state index contributed by atoms with van der Waals surface area (Å²) in [5.74, 6) is -0.506. The van der Waals surface area contributed by atoms with Crippen LogP contribution in [0.1, 0.15) is 46.5 Å². The first-order chi connectivity index (χ1) is 9.54. The average Bonchev–Trinajstić information content (AvgIpc) is 2.91. The van der Waals surface area contributed by atoms with Crippen LogP contribution in [0.15, 0.2) is 18.7 Å². The van der Waals surface area contributed by atoms with Crippen molar-refractivity contribution in [3.05, 3.63) is 18.7 Å². The highest BCUT2D eigenvalue weighted by Crippen LogP contribution is 2.18. The van der Waals surface area contributed by atoms with Crippen LogP contribution in [0.5, 0.6) is 0 Å². The maximum absolute atomic E-state index is 11.8. The molecule has 0 aliphatic heterocycles. The number of carbonyl (C=O) groups is 2. The molecule has 0 radical (unpaired) electrons. The fourth-order valence-corrected chi connectivity index (χ4v) is 1.80. The molecule has 1 aromatic rings. The first kappa shape index (κ1) is 16.2. The molecule has 0 bridgehead atoms. The first-order valence-electron chi connectivity index (χ1n) is 6.90. The second-order valence-electron chi connectivity index (χ2n) is 4.80. The van der Waals surface area contributed by atoms with Crippen LogP contribution >= 0.6 is 0 Å². The van der Waals surface area contributed by atoms with Gasteiger partial charge >= 0.3 is 12.1 Å². The zero-order valence-corrected chi connectivity index (χ0v) is 12.2. The van der Waals surface area contributed by atoms with Crippen LogP contribution in [0.25, 0.3) is 0 Å². The van der Waals surface area contributed by atoms with Crippen molar-refractivity contribution in [2.45, 2.75) is 52.7 Å². The minimum absolute atomic E-state index is 0.0436. The minimum Gasteiger partial charge on any atom is -0.425 e. The van der Waals surface area contributed by atoms with Crippen molar-refractivity contribution >= 4 is 12.1 Å². The van der Waals surface area contributed by atoms with Gasteiger partial charge in [-0.1, -0.05) is 33.1 Å². The number of ether oxygens (including phenoxy) is 2. The summed E-state index contributed by atoms with van der Waals surface area (Å²) in [6, 6.07) is 0. The number of unbranched alkanes of at least 4 members (excludes halogenated alkanes) is 2. The third kappa shape index (κ3) is 5.42. The molecule has 1 rings (SSSR count). The summed E-state index contributed by atoms with van der Waals surface area (Å²) < 4.78 is 11.5. The van der Waals surface area contributed by atoms with Gasteiger partial charge in [0.25, 0.3) is 6.29 Å². The van der Waals surface area contributed by atoms with Gasteiger partial charge in [0, 0.05) is 25.2 Å². The summed E-state index contributed by atoms with van der Waals surface area (Å²) >= 11 is 0. The van der Waals surface area contributed by atoms with Crippen molar-refractivity contribution in [2.75, 3.05) is 0 Å². The molecule has 2 atom stereocenters. The smallest absolute Gasteiger partial charge is 0.422 e. The van der Waals surface area contributed by atoms with Crippen LogP contribution in [0, 0.1) is 5.92 Å². The molecule has 0 aromatic carbocycles. The molecule has 112 valence electrons. The van der Waals surface area contributed by atoms with Gasteiger partial charge < -0.3 is 9.47 Å². The zero-order valence-electron chi connectivity index (χ0n) is 12.2. The Balaban J connectivity index is 2.58. The lowest BCUT2D eigenvalue weighted by Gasteiger charge is -2.23. The molecule has 6 heteroatoms. The number of hydrogen-bond acceptors (Lipinski definition) is 5. The Morgan fingerprint density at radius 2 is 2.05 bits per heavy atom. The van der Waals surface area contributed by atoms with Crippen molar-refractivity contribution < 1.29 is 19.1 Å². The maximum atomic E-state index is 11.8. The molecule has 0 spiro atoms. The fourth-order valence-electron chi connectivity index (χ4n) is 1.80. The van der Waals surface area contributed by atoms with Crippen LogP contribution < -0.4 is 0 Å². The molecular weight excluding hydrogens is 260 g/mol. The standard InChI is InChI=1S/C14H22N2O4/c1-4-5-6-7-11(2)13(19-12(3)17)20-14(18)16-9-8-15-10-16/h8-11,13H,4-7H2,1-3H3/t11?,13-/m0/s1. The van der Waals surface area contributed by atoms with Crippen molar-refractivity contribution in [1.29, 1.82) is 0 Å². The van der Waals surface area contributed by atoms with E-state index in [9.17, 15) is 9.59 Å². The molecule has 1 aromatic heterocycles. The van der Waals surface area contributed by atoms with Gasteiger partial charge in [0.15, 0.2) is 0 Å². The van der Waals surface area contributed by atoms with Gasteiger partial charge in [-0.3, -0.25) is 4.79 Å². The van der Waals surface area contributed by atoms with Crippen molar-refractivity contribution in [3.63, 3.8) is 0 Å². The van der Waals surface area contributed by atoms with E-state index in [0.29, 0.717) is 0 Å². The number of aromatic nitrogens is 2.